The predicted octanol–water partition coefficient (Wildman–Crippen LogP) is 2.90. The van der Waals surface area contributed by atoms with Crippen molar-refractivity contribution in [2.24, 2.45) is 11.8 Å². The monoisotopic (exact) mass is 360 g/mol. The summed E-state index contributed by atoms with van der Waals surface area (Å²) in [4.78, 5) is 26.8. The standard InChI is InChI=1S/C20H32N4O2/c1-15(2)24-13-17(11-22-24)10-21-20(26)18-8-9-19(25)23(14-18)12-16-6-4-3-5-7-16/h11,13,15-16,18H,3-10,12,14H2,1-2H3,(H,21,26). The van der Waals surface area contributed by atoms with Gasteiger partial charge in [0.25, 0.3) is 0 Å². The first-order chi connectivity index (χ1) is 12.5. The molecule has 1 aromatic heterocycles. The minimum Gasteiger partial charge on any atom is -0.352 e. The van der Waals surface area contributed by atoms with Crippen molar-refractivity contribution in [3.63, 3.8) is 0 Å². The van der Waals surface area contributed by atoms with Crippen LogP contribution in [0, 0.1) is 11.8 Å². The van der Waals surface area contributed by atoms with Gasteiger partial charge in [0, 0.05) is 43.9 Å². The van der Waals surface area contributed by atoms with Crippen LogP contribution in [0.3, 0.4) is 0 Å². The zero-order chi connectivity index (χ0) is 18.5. The molecule has 1 saturated heterocycles. The lowest BCUT2D eigenvalue weighted by atomic mass is 9.87. The van der Waals surface area contributed by atoms with Crippen molar-refractivity contribution in [3.05, 3.63) is 18.0 Å². The molecule has 1 N–H and O–H groups in total. The van der Waals surface area contributed by atoms with E-state index in [9.17, 15) is 9.59 Å². The number of hydrogen-bond donors (Lipinski definition) is 1. The summed E-state index contributed by atoms with van der Waals surface area (Å²) in [5.41, 5.74) is 1.01. The van der Waals surface area contributed by atoms with Crippen LogP contribution in [-0.2, 0) is 16.1 Å². The number of amides is 2. The summed E-state index contributed by atoms with van der Waals surface area (Å²) in [6.45, 7) is 6.07. The Balaban J connectivity index is 1.49. The van der Waals surface area contributed by atoms with Crippen molar-refractivity contribution in [1.29, 1.82) is 0 Å². The van der Waals surface area contributed by atoms with Crippen molar-refractivity contribution in [2.75, 3.05) is 13.1 Å². The predicted molar refractivity (Wildman–Crippen MR) is 100 cm³/mol. The first-order valence-corrected chi connectivity index (χ1v) is 10.1. The second kappa shape index (κ2) is 8.69. The zero-order valence-corrected chi connectivity index (χ0v) is 16.1. The van der Waals surface area contributed by atoms with E-state index in [2.05, 4.69) is 24.3 Å². The van der Waals surface area contributed by atoms with E-state index in [4.69, 9.17) is 0 Å². The first kappa shape index (κ1) is 18.9. The molecule has 144 valence electrons. The van der Waals surface area contributed by atoms with Crippen LogP contribution in [0.1, 0.15) is 70.4 Å². The quantitative estimate of drug-likeness (QED) is 0.848. The number of nitrogens with one attached hydrogen (secondary N) is 1. The normalized spacial score (nSPS) is 22.0. The smallest absolute Gasteiger partial charge is 0.225 e. The largest absolute Gasteiger partial charge is 0.352 e. The molecule has 0 bridgehead atoms. The van der Waals surface area contributed by atoms with Crippen molar-refractivity contribution >= 4 is 11.8 Å². The third-order valence-electron chi connectivity index (χ3n) is 5.73. The van der Waals surface area contributed by atoms with Gasteiger partial charge in [-0.1, -0.05) is 19.3 Å². The van der Waals surface area contributed by atoms with Gasteiger partial charge < -0.3 is 10.2 Å². The molecule has 2 aliphatic rings. The number of likely N-dealkylation sites (tertiary alicyclic amines) is 1. The lowest BCUT2D eigenvalue weighted by Crippen LogP contribution is -2.47. The van der Waals surface area contributed by atoms with Gasteiger partial charge in [-0.25, -0.2) is 0 Å². The number of carbonyl (C=O) groups is 2. The molecule has 0 radical (unpaired) electrons. The third-order valence-corrected chi connectivity index (χ3v) is 5.73. The van der Waals surface area contributed by atoms with E-state index in [1.807, 2.05) is 15.8 Å². The fourth-order valence-corrected chi connectivity index (χ4v) is 4.07. The minimum absolute atomic E-state index is 0.0587. The fourth-order valence-electron chi connectivity index (χ4n) is 4.07. The number of aromatic nitrogens is 2. The van der Waals surface area contributed by atoms with E-state index in [0.717, 1.165) is 12.1 Å². The minimum atomic E-state index is -0.0866. The fraction of sp³-hybridized carbons (Fsp3) is 0.750. The summed E-state index contributed by atoms with van der Waals surface area (Å²) >= 11 is 0. The molecule has 2 amide bonds. The van der Waals surface area contributed by atoms with Crippen molar-refractivity contribution in [2.45, 2.75) is 71.4 Å². The molecule has 1 aliphatic carbocycles. The highest BCUT2D eigenvalue weighted by molar-refractivity contribution is 5.83. The molecule has 6 nitrogen and oxygen atoms in total. The Hall–Kier alpha value is -1.85. The van der Waals surface area contributed by atoms with Gasteiger partial charge in [-0.3, -0.25) is 14.3 Å². The maximum atomic E-state index is 12.6. The number of rotatable bonds is 6. The van der Waals surface area contributed by atoms with Crippen LogP contribution in [0.2, 0.25) is 0 Å². The highest BCUT2D eigenvalue weighted by Gasteiger charge is 2.31. The molecule has 1 aromatic rings. The Labute approximate surface area is 156 Å². The molecule has 3 rings (SSSR count). The topological polar surface area (TPSA) is 67.2 Å². The second-order valence-electron chi connectivity index (χ2n) is 8.18. The Morgan fingerprint density at radius 1 is 1.27 bits per heavy atom. The zero-order valence-electron chi connectivity index (χ0n) is 16.1. The van der Waals surface area contributed by atoms with Crippen LogP contribution in [-0.4, -0.2) is 39.6 Å². The van der Waals surface area contributed by atoms with Crippen LogP contribution in [0.15, 0.2) is 12.4 Å². The van der Waals surface area contributed by atoms with E-state index in [1.165, 1.54) is 32.1 Å². The molecule has 1 atom stereocenters. The van der Waals surface area contributed by atoms with Gasteiger partial charge in [0.2, 0.25) is 11.8 Å². The second-order valence-corrected chi connectivity index (χ2v) is 8.18. The van der Waals surface area contributed by atoms with Crippen molar-refractivity contribution < 1.29 is 9.59 Å². The maximum absolute atomic E-state index is 12.6. The molecular weight excluding hydrogens is 328 g/mol. The first-order valence-electron chi connectivity index (χ1n) is 10.1. The van der Waals surface area contributed by atoms with Gasteiger partial charge in [-0.05, 0) is 39.0 Å². The highest BCUT2D eigenvalue weighted by Crippen LogP contribution is 2.27. The summed E-state index contributed by atoms with van der Waals surface area (Å²) in [7, 11) is 0. The molecule has 0 spiro atoms. The van der Waals surface area contributed by atoms with E-state index in [1.54, 1.807) is 6.20 Å². The Kier molecular flexibility index (Phi) is 6.33. The van der Waals surface area contributed by atoms with Gasteiger partial charge in [0.15, 0.2) is 0 Å². The van der Waals surface area contributed by atoms with E-state index in [-0.39, 0.29) is 17.7 Å². The number of piperidine rings is 1. The molecule has 1 unspecified atom stereocenters. The number of hydrogen-bond acceptors (Lipinski definition) is 3. The summed E-state index contributed by atoms with van der Waals surface area (Å²) in [6.07, 6.45) is 11.3. The molecule has 1 saturated carbocycles. The molecule has 1 aliphatic heterocycles. The lowest BCUT2D eigenvalue weighted by Gasteiger charge is -2.35. The maximum Gasteiger partial charge on any atom is 0.225 e. The summed E-state index contributed by atoms with van der Waals surface area (Å²) in [6, 6.07) is 0.317. The van der Waals surface area contributed by atoms with Crippen LogP contribution in [0.25, 0.3) is 0 Å². The summed E-state index contributed by atoms with van der Waals surface area (Å²) < 4.78 is 1.90. The van der Waals surface area contributed by atoms with Crippen LogP contribution < -0.4 is 5.32 Å². The molecule has 0 aromatic carbocycles. The van der Waals surface area contributed by atoms with Gasteiger partial charge in [-0.2, -0.15) is 5.10 Å². The Morgan fingerprint density at radius 3 is 2.73 bits per heavy atom. The number of carbonyl (C=O) groups excluding carboxylic acids is 2. The third kappa shape index (κ3) is 4.86. The lowest BCUT2D eigenvalue weighted by molar-refractivity contribution is -0.139. The van der Waals surface area contributed by atoms with E-state index >= 15 is 0 Å². The molecule has 2 fully saturated rings. The van der Waals surface area contributed by atoms with Crippen LogP contribution >= 0.6 is 0 Å². The van der Waals surface area contributed by atoms with Gasteiger partial charge >= 0.3 is 0 Å². The van der Waals surface area contributed by atoms with Gasteiger partial charge in [-0.15, -0.1) is 0 Å². The average Bonchev–Trinajstić information content (AvgIpc) is 3.12. The Bertz CT molecular complexity index is 619. The highest BCUT2D eigenvalue weighted by atomic mass is 16.2. The Morgan fingerprint density at radius 2 is 2.04 bits per heavy atom. The molecule has 26 heavy (non-hydrogen) atoms. The van der Waals surface area contributed by atoms with Crippen molar-refractivity contribution in [1.82, 2.24) is 20.0 Å². The molecular formula is C20H32N4O2. The number of nitrogens with zero attached hydrogens (tertiary/aromatic N) is 3. The SMILES string of the molecule is CC(C)n1cc(CNC(=O)C2CCC(=O)N(CC3CCCCC3)C2)cn1. The molecule has 2 heterocycles. The van der Waals surface area contributed by atoms with Crippen LogP contribution in [0.5, 0.6) is 0 Å². The van der Waals surface area contributed by atoms with Gasteiger partial charge in [0.1, 0.15) is 0 Å². The molecule has 6 heteroatoms. The van der Waals surface area contributed by atoms with Crippen LogP contribution in [0.4, 0.5) is 0 Å². The summed E-state index contributed by atoms with van der Waals surface area (Å²) in [5.74, 6) is 0.814. The average molecular weight is 361 g/mol. The van der Waals surface area contributed by atoms with E-state index < -0.39 is 0 Å². The van der Waals surface area contributed by atoms with Gasteiger partial charge in [0.05, 0.1) is 12.1 Å². The summed E-state index contributed by atoms with van der Waals surface area (Å²) in [5, 5.41) is 7.34. The van der Waals surface area contributed by atoms with E-state index in [0.29, 0.717) is 37.9 Å². The van der Waals surface area contributed by atoms with Crippen molar-refractivity contribution in [3.8, 4) is 0 Å².